The third-order valence-electron chi connectivity index (χ3n) is 8.08. The molecule has 1 atom stereocenters. The molecule has 4 aromatic rings. The monoisotopic (exact) mass is 577 g/mol. The van der Waals surface area contributed by atoms with Gasteiger partial charge in [0.25, 0.3) is 0 Å². The van der Waals surface area contributed by atoms with Crippen molar-refractivity contribution in [2.75, 3.05) is 10.6 Å². The van der Waals surface area contributed by atoms with Crippen LogP contribution in [0.4, 0.5) is 11.4 Å². The van der Waals surface area contributed by atoms with E-state index in [2.05, 4.69) is 44.8 Å². The molecule has 7 nitrogen and oxygen atoms in total. The van der Waals surface area contributed by atoms with Gasteiger partial charge in [0.05, 0.1) is 38.5 Å². The second-order valence-corrected chi connectivity index (χ2v) is 11.7. The van der Waals surface area contributed by atoms with Gasteiger partial charge in [-0.15, -0.1) is 5.53 Å². The molecular formula is C31H26BCl2N7. The van der Waals surface area contributed by atoms with Crippen LogP contribution >= 0.6 is 23.2 Å². The highest BCUT2D eigenvalue weighted by Gasteiger charge is 2.45. The molecular weight excluding hydrogens is 552 g/mol. The molecule has 10 heteroatoms. The van der Waals surface area contributed by atoms with Crippen molar-refractivity contribution < 1.29 is 0 Å². The van der Waals surface area contributed by atoms with Crippen LogP contribution in [-0.4, -0.2) is 23.9 Å². The molecule has 202 valence electrons. The number of halogens is 2. The van der Waals surface area contributed by atoms with Gasteiger partial charge in [0.2, 0.25) is 0 Å². The van der Waals surface area contributed by atoms with Gasteiger partial charge >= 0.3 is 0 Å². The lowest BCUT2D eigenvalue weighted by atomic mass is 9.69. The first-order valence-corrected chi connectivity index (χ1v) is 14.4. The Hall–Kier alpha value is -3.90. The summed E-state index contributed by atoms with van der Waals surface area (Å²) in [5.41, 5.74) is 9.95. The van der Waals surface area contributed by atoms with Crippen molar-refractivity contribution >= 4 is 53.3 Å². The van der Waals surface area contributed by atoms with Crippen LogP contribution in [0.1, 0.15) is 42.4 Å². The maximum absolute atomic E-state index is 10.0. The molecule has 0 amide bonds. The van der Waals surface area contributed by atoms with Crippen molar-refractivity contribution in [1.29, 1.82) is 5.26 Å². The molecule has 1 aromatic heterocycles. The minimum Gasteiger partial charge on any atom is -0.378 e. The predicted octanol–water partition coefficient (Wildman–Crippen LogP) is 6.28. The summed E-state index contributed by atoms with van der Waals surface area (Å²) in [6.45, 7) is 0. The Balaban J connectivity index is 1.33. The minimum atomic E-state index is -1.23. The number of aromatic nitrogens is 1. The highest BCUT2D eigenvalue weighted by Crippen LogP contribution is 2.50. The second kappa shape index (κ2) is 9.88. The van der Waals surface area contributed by atoms with E-state index >= 15 is 0 Å². The number of nitriles is 1. The molecule has 0 spiro atoms. The third kappa shape index (κ3) is 4.64. The Morgan fingerprint density at radius 3 is 2.51 bits per heavy atom. The zero-order valence-corrected chi connectivity index (χ0v) is 23.6. The fourth-order valence-electron chi connectivity index (χ4n) is 5.53. The first kappa shape index (κ1) is 26.0. The van der Waals surface area contributed by atoms with E-state index in [1.54, 1.807) is 12.3 Å². The van der Waals surface area contributed by atoms with Crippen LogP contribution in [0.25, 0.3) is 10.9 Å². The smallest absolute Gasteiger partial charge is 0.119 e. The number of hydrogen-bond acceptors (Lipinski definition) is 7. The van der Waals surface area contributed by atoms with Crippen molar-refractivity contribution in [1.82, 2.24) is 21.0 Å². The van der Waals surface area contributed by atoms with Gasteiger partial charge in [0.15, 0.2) is 0 Å². The van der Waals surface area contributed by atoms with Crippen molar-refractivity contribution in [2.45, 2.75) is 42.7 Å². The van der Waals surface area contributed by atoms with Crippen LogP contribution in [-0.2, 0) is 11.0 Å². The highest BCUT2D eigenvalue weighted by molar-refractivity contribution is 6.36. The molecule has 1 unspecified atom stereocenters. The number of nitrogens with zero attached hydrogens (tertiary/aromatic N) is 3. The number of hydrazine groups is 2. The fourth-order valence-corrected chi connectivity index (χ4v) is 6.08. The topological polar surface area (TPSA) is 88.0 Å². The summed E-state index contributed by atoms with van der Waals surface area (Å²) >= 11 is 13.5. The van der Waals surface area contributed by atoms with Crippen molar-refractivity contribution in [3.8, 4) is 6.07 Å². The second-order valence-electron chi connectivity index (χ2n) is 10.9. The molecule has 41 heavy (non-hydrogen) atoms. The standard InChI is InChI=1S/C31H26BCl2N7/c32-31(24-8-4-5-9-25(24)33,27-18-41(40-39-27)22-10-11-22)37-21-14-23-28(19(16-35)17-36-29(23)26(34)15-21)38-30(12-13-30)20-6-2-1-3-7-20/h1-9,14-15,17-18,22,37,39-40H,10-13H2,(H,36,38). The molecule has 0 bridgehead atoms. The van der Waals surface area contributed by atoms with Gasteiger partial charge in [-0.1, -0.05) is 71.7 Å². The molecule has 2 fully saturated rings. The summed E-state index contributed by atoms with van der Waals surface area (Å²) in [5.74, 6) is 0. The SMILES string of the molecule is [B]C(Nc1cc(Cl)c2ncc(C#N)c(NC3(c4ccccc4)CC3)c2c1)(C1=CN(C2CC2)NN1)c1ccccc1Cl. The average molecular weight is 578 g/mol. The summed E-state index contributed by atoms with van der Waals surface area (Å²) in [6, 6.07) is 24.3. The Morgan fingerprint density at radius 1 is 1.05 bits per heavy atom. The summed E-state index contributed by atoms with van der Waals surface area (Å²) in [6.07, 6.45) is 7.71. The number of benzene rings is 3. The number of rotatable bonds is 8. The highest BCUT2D eigenvalue weighted by atomic mass is 35.5. The lowest BCUT2D eigenvalue weighted by Gasteiger charge is -2.35. The fraction of sp³-hybridized carbons (Fsp3) is 0.226. The predicted molar refractivity (Wildman–Crippen MR) is 164 cm³/mol. The number of pyridine rings is 1. The molecule has 2 saturated carbocycles. The van der Waals surface area contributed by atoms with E-state index < -0.39 is 5.44 Å². The van der Waals surface area contributed by atoms with Crippen LogP contribution in [0.2, 0.25) is 10.0 Å². The Bertz CT molecular complexity index is 1730. The van der Waals surface area contributed by atoms with Crippen molar-refractivity contribution in [2.24, 2.45) is 0 Å². The first-order valence-electron chi connectivity index (χ1n) is 13.6. The number of fused-ring (bicyclic) bond motifs is 1. The van der Waals surface area contributed by atoms with Gasteiger partial charge in [-0.3, -0.25) is 9.99 Å². The van der Waals surface area contributed by atoms with Gasteiger partial charge in [0.1, 0.15) is 13.9 Å². The van der Waals surface area contributed by atoms with Crippen molar-refractivity contribution in [3.63, 3.8) is 0 Å². The molecule has 0 saturated heterocycles. The van der Waals surface area contributed by atoms with Gasteiger partial charge in [-0.25, -0.2) is 0 Å². The van der Waals surface area contributed by atoms with Crippen molar-refractivity contribution in [3.05, 3.63) is 112 Å². The van der Waals surface area contributed by atoms with Gasteiger partial charge in [-0.2, -0.15) is 5.26 Å². The van der Waals surface area contributed by atoms with Gasteiger partial charge in [0, 0.05) is 34.5 Å². The average Bonchev–Trinajstić information content (AvgIpc) is 3.92. The summed E-state index contributed by atoms with van der Waals surface area (Å²) < 4.78 is 0. The number of nitrogens with one attached hydrogen (secondary N) is 4. The molecule has 2 heterocycles. The number of hydrogen-bond donors (Lipinski definition) is 4. The molecule has 2 radical (unpaired) electrons. The molecule has 7 rings (SSSR count). The normalized spacial score (nSPS) is 18.7. The van der Waals surface area contributed by atoms with Crippen LogP contribution < -0.4 is 21.6 Å². The lowest BCUT2D eigenvalue weighted by molar-refractivity contribution is 0.260. The quantitative estimate of drug-likeness (QED) is 0.183. The zero-order valence-electron chi connectivity index (χ0n) is 22.1. The first-order chi connectivity index (χ1) is 19.9. The molecule has 3 aliphatic rings. The van der Waals surface area contributed by atoms with E-state index in [1.807, 2.05) is 59.7 Å². The maximum Gasteiger partial charge on any atom is 0.119 e. The Labute approximate surface area is 249 Å². The molecule has 4 N–H and O–H groups in total. The largest absolute Gasteiger partial charge is 0.378 e. The maximum atomic E-state index is 10.0. The molecule has 2 aliphatic carbocycles. The van der Waals surface area contributed by atoms with E-state index in [4.69, 9.17) is 31.0 Å². The lowest BCUT2D eigenvalue weighted by Crippen LogP contribution is -2.45. The van der Waals surface area contributed by atoms with E-state index in [1.165, 1.54) is 5.56 Å². The van der Waals surface area contributed by atoms with Crippen LogP contribution in [0.5, 0.6) is 0 Å². The Morgan fingerprint density at radius 2 is 1.80 bits per heavy atom. The third-order valence-corrected chi connectivity index (χ3v) is 8.70. The summed E-state index contributed by atoms with van der Waals surface area (Å²) in [7, 11) is 7.20. The molecule has 3 aromatic carbocycles. The van der Waals surface area contributed by atoms with Crippen LogP contribution in [0, 0.1) is 11.3 Å². The van der Waals surface area contributed by atoms with Crippen LogP contribution in [0.15, 0.2) is 84.8 Å². The van der Waals surface area contributed by atoms with E-state index in [9.17, 15) is 5.26 Å². The van der Waals surface area contributed by atoms with Crippen LogP contribution in [0.3, 0.4) is 0 Å². The number of anilines is 2. The minimum absolute atomic E-state index is 0.247. The van der Waals surface area contributed by atoms with Gasteiger partial charge < -0.3 is 16.1 Å². The van der Waals surface area contributed by atoms with E-state index in [0.717, 1.165) is 31.1 Å². The molecule has 1 aliphatic heterocycles. The summed E-state index contributed by atoms with van der Waals surface area (Å²) in [5, 5.41) is 21.0. The zero-order chi connectivity index (χ0) is 28.2. The van der Waals surface area contributed by atoms with E-state index in [-0.39, 0.29) is 5.54 Å². The van der Waals surface area contributed by atoms with Gasteiger partial charge in [-0.05, 0) is 55.0 Å². The van der Waals surface area contributed by atoms with E-state index in [0.29, 0.717) is 49.8 Å². The summed E-state index contributed by atoms with van der Waals surface area (Å²) in [4.78, 5) is 4.54. The Kier molecular flexibility index (Phi) is 6.27.